The number of carbonyl (C=O) groups is 1. The molecule has 0 bridgehead atoms. The zero-order valence-electron chi connectivity index (χ0n) is 15.2. The van der Waals surface area contributed by atoms with Gasteiger partial charge in [0.25, 0.3) is 0 Å². The Labute approximate surface area is 158 Å². The average Bonchev–Trinajstić information content (AvgIpc) is 2.70. The molecular formula is C23H21FO3. The number of hydrogen-bond donors (Lipinski definition) is 0. The van der Waals surface area contributed by atoms with Crippen LogP contribution in [0.3, 0.4) is 0 Å². The lowest BCUT2D eigenvalue weighted by atomic mass is 10.0. The number of halogens is 1. The van der Waals surface area contributed by atoms with Gasteiger partial charge in [0, 0.05) is 18.4 Å². The van der Waals surface area contributed by atoms with Crippen LogP contribution in [0.2, 0.25) is 0 Å². The predicted octanol–water partition coefficient (Wildman–Crippen LogP) is 4.75. The Bertz CT molecular complexity index is 890. The van der Waals surface area contributed by atoms with Crippen LogP contribution >= 0.6 is 0 Å². The fraction of sp³-hybridized carbons (Fsp3) is 0.174. The molecule has 138 valence electrons. The van der Waals surface area contributed by atoms with Gasteiger partial charge in [-0.1, -0.05) is 42.5 Å². The van der Waals surface area contributed by atoms with Crippen molar-refractivity contribution < 1.29 is 18.7 Å². The first-order valence-corrected chi connectivity index (χ1v) is 8.74. The Hall–Kier alpha value is -3.14. The van der Waals surface area contributed by atoms with Crippen LogP contribution in [0.4, 0.5) is 4.39 Å². The van der Waals surface area contributed by atoms with Crippen LogP contribution in [0.5, 0.6) is 11.5 Å². The van der Waals surface area contributed by atoms with Crippen molar-refractivity contribution >= 4 is 6.29 Å². The molecule has 0 aliphatic heterocycles. The third-order valence-corrected chi connectivity index (χ3v) is 4.31. The van der Waals surface area contributed by atoms with Crippen molar-refractivity contribution in [2.24, 2.45) is 0 Å². The number of ether oxygens (including phenoxy) is 2. The van der Waals surface area contributed by atoms with Gasteiger partial charge in [0.2, 0.25) is 0 Å². The maximum Gasteiger partial charge on any atom is 0.130 e. The molecule has 0 saturated carbocycles. The van der Waals surface area contributed by atoms with E-state index in [9.17, 15) is 9.18 Å². The fourth-order valence-corrected chi connectivity index (χ4v) is 2.86. The minimum absolute atomic E-state index is 0.154. The molecule has 0 aliphatic carbocycles. The largest absolute Gasteiger partial charge is 0.497 e. The van der Waals surface area contributed by atoms with Crippen LogP contribution in [0.15, 0.2) is 66.7 Å². The highest BCUT2D eigenvalue weighted by molar-refractivity contribution is 5.56. The molecule has 0 radical (unpaired) electrons. The molecule has 0 spiro atoms. The molecule has 0 saturated heterocycles. The standard InChI is InChI=1S/C23H21FO3/c1-26-20-9-7-17(8-10-20)13-21-22(24)14-19(11-12-25)15-23(21)27-16-18-5-3-2-4-6-18/h2-10,12,14-15H,11,13,16H2,1H3. The number of aldehydes is 1. The van der Waals surface area contributed by atoms with Crippen LogP contribution in [-0.2, 0) is 24.2 Å². The molecule has 3 aromatic carbocycles. The second-order valence-corrected chi connectivity index (χ2v) is 6.22. The maximum atomic E-state index is 14.8. The lowest BCUT2D eigenvalue weighted by Gasteiger charge is -2.15. The first-order chi connectivity index (χ1) is 13.2. The van der Waals surface area contributed by atoms with E-state index in [2.05, 4.69) is 0 Å². The third-order valence-electron chi connectivity index (χ3n) is 4.31. The van der Waals surface area contributed by atoms with E-state index in [0.29, 0.717) is 29.9 Å². The SMILES string of the molecule is COc1ccc(Cc2c(F)cc(CC=O)cc2OCc2ccccc2)cc1. The molecule has 4 heteroatoms. The van der Waals surface area contributed by atoms with Crippen LogP contribution < -0.4 is 9.47 Å². The minimum atomic E-state index is -0.367. The summed E-state index contributed by atoms with van der Waals surface area (Å²) in [6.45, 7) is 0.334. The zero-order valence-corrected chi connectivity index (χ0v) is 15.2. The van der Waals surface area contributed by atoms with E-state index in [4.69, 9.17) is 9.47 Å². The monoisotopic (exact) mass is 364 g/mol. The van der Waals surface area contributed by atoms with E-state index in [1.807, 2.05) is 54.6 Å². The number of hydrogen-bond acceptors (Lipinski definition) is 3. The van der Waals surface area contributed by atoms with E-state index in [0.717, 1.165) is 23.2 Å². The maximum absolute atomic E-state index is 14.8. The summed E-state index contributed by atoms with van der Waals surface area (Å²) >= 11 is 0. The van der Waals surface area contributed by atoms with E-state index >= 15 is 0 Å². The van der Waals surface area contributed by atoms with Gasteiger partial charge in [0.1, 0.15) is 30.2 Å². The molecule has 3 aromatic rings. The molecule has 3 nitrogen and oxygen atoms in total. The van der Waals surface area contributed by atoms with E-state index in [1.165, 1.54) is 6.07 Å². The predicted molar refractivity (Wildman–Crippen MR) is 103 cm³/mol. The Morgan fingerprint density at radius 3 is 2.33 bits per heavy atom. The highest BCUT2D eigenvalue weighted by Crippen LogP contribution is 2.28. The van der Waals surface area contributed by atoms with Gasteiger partial charge in [-0.2, -0.15) is 0 Å². The molecule has 0 amide bonds. The highest BCUT2D eigenvalue weighted by atomic mass is 19.1. The van der Waals surface area contributed by atoms with Crippen molar-refractivity contribution in [3.63, 3.8) is 0 Å². The summed E-state index contributed by atoms with van der Waals surface area (Å²) in [6.07, 6.45) is 1.31. The molecule has 0 heterocycles. The van der Waals surface area contributed by atoms with Gasteiger partial charge in [0.05, 0.1) is 7.11 Å². The lowest BCUT2D eigenvalue weighted by molar-refractivity contribution is -0.107. The van der Waals surface area contributed by atoms with Crippen molar-refractivity contribution in [3.8, 4) is 11.5 Å². The molecule has 0 fully saturated rings. The van der Waals surface area contributed by atoms with Crippen LogP contribution in [-0.4, -0.2) is 13.4 Å². The Kier molecular flexibility index (Phi) is 6.21. The Morgan fingerprint density at radius 1 is 0.926 bits per heavy atom. The smallest absolute Gasteiger partial charge is 0.130 e. The Balaban J connectivity index is 1.88. The van der Waals surface area contributed by atoms with Gasteiger partial charge in [-0.3, -0.25) is 0 Å². The molecular weight excluding hydrogens is 343 g/mol. The summed E-state index contributed by atoms with van der Waals surface area (Å²) in [4.78, 5) is 10.8. The van der Waals surface area contributed by atoms with Gasteiger partial charge in [-0.05, 0) is 41.0 Å². The number of methoxy groups -OCH3 is 1. The zero-order chi connectivity index (χ0) is 19.1. The van der Waals surface area contributed by atoms with Gasteiger partial charge >= 0.3 is 0 Å². The van der Waals surface area contributed by atoms with Crippen LogP contribution in [0.1, 0.15) is 22.3 Å². The molecule has 0 aliphatic rings. The summed E-state index contributed by atoms with van der Waals surface area (Å²) in [5.74, 6) is 0.848. The number of rotatable bonds is 8. The topological polar surface area (TPSA) is 35.5 Å². The normalized spacial score (nSPS) is 10.4. The second kappa shape index (κ2) is 8.99. The van der Waals surface area contributed by atoms with Crippen molar-refractivity contribution in [3.05, 3.63) is 94.8 Å². The summed E-state index contributed by atoms with van der Waals surface area (Å²) in [5, 5.41) is 0. The molecule has 0 N–H and O–H groups in total. The molecule has 0 atom stereocenters. The Morgan fingerprint density at radius 2 is 1.67 bits per heavy atom. The van der Waals surface area contributed by atoms with Crippen molar-refractivity contribution in [2.75, 3.05) is 7.11 Å². The molecule has 3 rings (SSSR count). The number of benzene rings is 3. The van der Waals surface area contributed by atoms with Gasteiger partial charge in [0.15, 0.2) is 0 Å². The van der Waals surface area contributed by atoms with Crippen molar-refractivity contribution in [1.82, 2.24) is 0 Å². The molecule has 27 heavy (non-hydrogen) atoms. The third kappa shape index (κ3) is 4.94. The van der Waals surface area contributed by atoms with Crippen LogP contribution in [0.25, 0.3) is 0 Å². The van der Waals surface area contributed by atoms with Gasteiger partial charge in [-0.25, -0.2) is 4.39 Å². The molecule has 0 unspecified atom stereocenters. The summed E-state index contributed by atoms with van der Waals surface area (Å²) in [6, 6.07) is 20.4. The fourth-order valence-electron chi connectivity index (χ4n) is 2.86. The van der Waals surface area contributed by atoms with Gasteiger partial charge in [-0.15, -0.1) is 0 Å². The minimum Gasteiger partial charge on any atom is -0.497 e. The lowest BCUT2D eigenvalue weighted by Crippen LogP contribution is -2.04. The van der Waals surface area contributed by atoms with E-state index < -0.39 is 0 Å². The highest BCUT2D eigenvalue weighted by Gasteiger charge is 2.14. The summed E-state index contributed by atoms with van der Waals surface area (Å²) in [5.41, 5.74) is 3.02. The van der Waals surface area contributed by atoms with Crippen LogP contribution in [0, 0.1) is 5.82 Å². The molecule has 0 aromatic heterocycles. The average molecular weight is 364 g/mol. The van der Waals surface area contributed by atoms with Gasteiger partial charge < -0.3 is 14.3 Å². The second-order valence-electron chi connectivity index (χ2n) is 6.22. The van der Waals surface area contributed by atoms with Crippen molar-refractivity contribution in [2.45, 2.75) is 19.4 Å². The van der Waals surface area contributed by atoms with Crippen molar-refractivity contribution in [1.29, 1.82) is 0 Å². The first-order valence-electron chi connectivity index (χ1n) is 8.74. The van der Waals surface area contributed by atoms with E-state index in [1.54, 1.807) is 13.2 Å². The van der Waals surface area contributed by atoms with E-state index in [-0.39, 0.29) is 12.2 Å². The quantitative estimate of drug-likeness (QED) is 0.541. The number of carbonyl (C=O) groups excluding carboxylic acids is 1. The first kappa shape index (κ1) is 18.6. The summed E-state index contributed by atoms with van der Waals surface area (Å²) in [7, 11) is 1.61. The summed E-state index contributed by atoms with van der Waals surface area (Å²) < 4.78 is 25.9.